The van der Waals surface area contributed by atoms with Crippen molar-refractivity contribution in [3.63, 3.8) is 0 Å². The van der Waals surface area contributed by atoms with Gasteiger partial charge in [0.05, 0.1) is 40.6 Å². The predicted octanol–water partition coefficient (Wildman–Crippen LogP) is 14.4. The van der Waals surface area contributed by atoms with Crippen LogP contribution in [0.25, 0.3) is 42.9 Å². The molecule has 17 heteroatoms. The van der Waals surface area contributed by atoms with Crippen molar-refractivity contribution in [3.05, 3.63) is 161 Å². The maximum absolute atomic E-state index is 13.0. The average Bonchev–Trinajstić information content (AvgIpc) is 1.69. The number of β-amino-alcohol motifs (C(OH)–C–C–N with tert-alkyl or cyclic N) is 2. The van der Waals surface area contributed by atoms with Crippen LogP contribution < -0.4 is 9.47 Å². The van der Waals surface area contributed by atoms with E-state index < -0.39 is 12.2 Å². The number of carbonyl (C=O) groups excluding carboxylic acids is 3. The standard InChI is InChI=1S/C28H40N2O3.C25H27N3O2S.C24H27FN2O3/c1-3-4-6-28(31)26-18-29(27-12-11-23(32-2)17-25(26)27)13-5-14-30-21-9-10-22(30)16-24(15-21)33-19-20-7-8-20;1-17(29)21-16-28(23-8-4-2-6-20(21)23)15-19(30)14-27-12-10-18(11-13-27)25-26-22-7-3-5-9-24(22)31-25;1-17(28)23-16-27(24-5-3-2-4-22(23)24)15-19(29)14-26-12-10-21(11-13-26)30-20-8-6-18(25)7-9-20/h11-12,17-18,20-22,24H,3-10,13-16,19H2,1-2H3;2-9,16,18-19,30H,10-15H2,1H3;2-9,16,19,21,29H,10-15H2,1H3. The summed E-state index contributed by atoms with van der Waals surface area (Å²) >= 11 is 1.82. The number of aliphatic hydroxyl groups excluding tert-OH is 2. The third-order valence-corrected chi connectivity index (χ3v) is 21.3. The molecule has 8 heterocycles. The second-order valence-electron chi connectivity index (χ2n) is 27.0. The number of nitrogens with zero attached hydrogens (tertiary/aromatic N) is 7. The highest BCUT2D eigenvalue weighted by atomic mass is 32.1. The molecule has 0 radical (unpaired) electrons. The van der Waals surface area contributed by atoms with Crippen molar-refractivity contribution in [2.75, 3.05) is 59.5 Å². The number of ketones is 3. The van der Waals surface area contributed by atoms with Crippen molar-refractivity contribution in [1.29, 1.82) is 0 Å². The Balaban J connectivity index is 0.000000136. The number of aliphatic hydroxyl groups is 2. The fraction of sp³-hybridized carbons (Fsp3) is 0.481. The van der Waals surface area contributed by atoms with Gasteiger partial charge in [0, 0.05) is 151 Å². The average molecular weight is 1300 g/mol. The zero-order valence-corrected chi connectivity index (χ0v) is 56.1. The van der Waals surface area contributed by atoms with Crippen molar-refractivity contribution in [1.82, 2.24) is 33.4 Å². The number of likely N-dealkylation sites (tertiary alicyclic amines) is 2. The summed E-state index contributed by atoms with van der Waals surface area (Å²) in [5.74, 6) is 2.94. The molecule has 15 nitrogen and oxygen atoms in total. The Morgan fingerprint density at radius 3 is 1.76 bits per heavy atom. The first-order valence-corrected chi connectivity index (χ1v) is 35.4. The Kier molecular flexibility index (Phi) is 22.2. The number of rotatable bonds is 25. The van der Waals surface area contributed by atoms with E-state index in [9.17, 15) is 29.0 Å². The lowest BCUT2D eigenvalue weighted by Crippen LogP contribution is -2.46. The lowest BCUT2D eigenvalue weighted by molar-refractivity contribution is -0.0241. The van der Waals surface area contributed by atoms with E-state index in [4.69, 9.17) is 19.2 Å². The summed E-state index contributed by atoms with van der Waals surface area (Å²) in [5.41, 5.74) is 6.48. The number of benzene rings is 5. The highest BCUT2D eigenvalue weighted by Gasteiger charge is 2.41. The molecule has 4 aromatic heterocycles. The normalized spacial score (nSPS) is 19.7. The molecule has 5 fully saturated rings. The molecule has 14 rings (SSSR count). The van der Waals surface area contributed by atoms with Crippen molar-refractivity contribution in [2.45, 2.75) is 173 Å². The number of ether oxygens (including phenoxy) is 3. The molecule has 4 saturated heterocycles. The zero-order chi connectivity index (χ0) is 65.2. The number of thiazole rings is 1. The number of hydrogen-bond acceptors (Lipinski definition) is 13. The first kappa shape index (κ1) is 66.9. The quantitative estimate of drug-likeness (QED) is 0.0523. The fourth-order valence-electron chi connectivity index (χ4n) is 14.9. The maximum atomic E-state index is 13.0. The molecule has 5 aromatic carbocycles. The zero-order valence-electron chi connectivity index (χ0n) is 55.3. The monoisotopic (exact) mass is 1300 g/mol. The van der Waals surface area contributed by atoms with E-state index in [1.54, 1.807) is 33.1 Å². The molecule has 1 saturated carbocycles. The highest BCUT2D eigenvalue weighted by molar-refractivity contribution is 7.18. The van der Waals surface area contributed by atoms with Gasteiger partial charge in [0.25, 0.3) is 0 Å². The Hall–Kier alpha value is -7.09. The van der Waals surface area contributed by atoms with Gasteiger partial charge in [0.2, 0.25) is 0 Å². The van der Waals surface area contributed by atoms with Gasteiger partial charge in [-0.2, -0.15) is 0 Å². The molecule has 4 aliphatic heterocycles. The molecule has 0 spiro atoms. The summed E-state index contributed by atoms with van der Waals surface area (Å²) in [6.07, 6.45) is 20.8. The smallest absolute Gasteiger partial charge is 0.165 e. The van der Waals surface area contributed by atoms with Gasteiger partial charge < -0.3 is 47.9 Å². The summed E-state index contributed by atoms with van der Waals surface area (Å²) < 4.78 is 38.2. The molecular weight excluding hydrogens is 1200 g/mol. The third kappa shape index (κ3) is 16.6. The molecule has 2 bridgehead atoms. The van der Waals surface area contributed by atoms with E-state index in [-0.39, 0.29) is 29.3 Å². The van der Waals surface area contributed by atoms with Crippen molar-refractivity contribution >= 4 is 71.6 Å². The van der Waals surface area contributed by atoms with Crippen molar-refractivity contribution in [2.24, 2.45) is 5.92 Å². The number of carbonyl (C=O) groups is 3. The van der Waals surface area contributed by atoms with Crippen LogP contribution in [0.1, 0.15) is 153 Å². The molecular formula is C77H94FN7O8S. The van der Waals surface area contributed by atoms with Crippen LogP contribution in [0.2, 0.25) is 0 Å². The second kappa shape index (κ2) is 31.2. The molecule has 4 atom stereocenters. The highest BCUT2D eigenvalue weighted by Crippen LogP contribution is 2.39. The molecule has 498 valence electrons. The topological polar surface area (TPSA) is 157 Å². The number of halogens is 1. The van der Waals surface area contributed by atoms with Crippen molar-refractivity contribution in [3.8, 4) is 11.5 Å². The van der Waals surface area contributed by atoms with Gasteiger partial charge in [-0.25, -0.2) is 9.37 Å². The van der Waals surface area contributed by atoms with Crippen LogP contribution in [0.5, 0.6) is 11.5 Å². The van der Waals surface area contributed by atoms with Gasteiger partial charge in [-0.15, -0.1) is 11.3 Å². The summed E-state index contributed by atoms with van der Waals surface area (Å²) in [4.78, 5) is 49.0. The minimum absolute atomic E-state index is 0.0302. The van der Waals surface area contributed by atoms with Crippen LogP contribution in [0, 0.1) is 11.7 Å². The maximum Gasteiger partial charge on any atom is 0.165 e. The number of Topliss-reactive ketones (excluding diaryl/α,β-unsaturated/α-hetero) is 3. The van der Waals surface area contributed by atoms with E-state index >= 15 is 0 Å². The van der Waals surface area contributed by atoms with Crippen LogP contribution in [0.15, 0.2) is 134 Å². The summed E-state index contributed by atoms with van der Waals surface area (Å²) in [5, 5.41) is 25.6. The Morgan fingerprint density at radius 1 is 0.606 bits per heavy atom. The number of unbranched alkanes of at least 4 members (excludes halogenated alkanes) is 1. The minimum atomic E-state index is -0.532. The number of methoxy groups -OCH3 is 1. The van der Waals surface area contributed by atoms with Crippen LogP contribution in [0.3, 0.4) is 0 Å². The number of piperidine rings is 3. The van der Waals surface area contributed by atoms with E-state index in [0.717, 1.165) is 152 Å². The van der Waals surface area contributed by atoms with E-state index in [0.29, 0.717) is 68.0 Å². The number of para-hydroxylation sites is 3. The lowest BCUT2D eigenvalue weighted by atomic mass is 9.97. The Labute approximate surface area is 556 Å². The van der Waals surface area contributed by atoms with E-state index in [2.05, 4.69) is 56.7 Å². The molecule has 5 aliphatic rings. The molecule has 94 heavy (non-hydrogen) atoms. The number of fused-ring (bicyclic) bond motifs is 6. The fourth-order valence-corrected chi connectivity index (χ4v) is 16.0. The lowest BCUT2D eigenvalue weighted by Gasteiger charge is -2.39. The number of aromatic nitrogens is 4. The second-order valence-corrected chi connectivity index (χ2v) is 28.1. The van der Waals surface area contributed by atoms with Gasteiger partial charge in [0.15, 0.2) is 17.3 Å². The number of aryl methyl sites for hydroxylation is 1. The van der Waals surface area contributed by atoms with E-state index in [1.807, 2.05) is 99.6 Å². The van der Waals surface area contributed by atoms with Gasteiger partial charge >= 0.3 is 0 Å². The summed E-state index contributed by atoms with van der Waals surface area (Å²) in [7, 11) is 1.69. The van der Waals surface area contributed by atoms with E-state index in [1.165, 1.54) is 60.4 Å². The molecule has 9 aromatic rings. The third-order valence-electron chi connectivity index (χ3n) is 20.1. The SMILES string of the molecule is CC(=O)c1cn(CC(O)CN2CCC(Oc3ccc(F)cc3)CC2)c2ccccc12.CC(=O)c1cn(CC(O)CN2CCC(c3nc4ccccc4s3)CC2)c2ccccc12.CCCCC(=O)c1cn(CCCN2C3CCC2CC(OCC2CC2)C3)c2ccc(OC)cc12. The van der Waals surface area contributed by atoms with Gasteiger partial charge in [-0.1, -0.05) is 61.9 Å². The van der Waals surface area contributed by atoms with Crippen LogP contribution in [-0.2, 0) is 24.4 Å². The van der Waals surface area contributed by atoms with Gasteiger partial charge in [-0.05, 0) is 177 Å². The molecule has 2 N–H and O–H groups in total. The first-order chi connectivity index (χ1) is 45.7. The summed E-state index contributed by atoms with van der Waals surface area (Å²) in [6, 6.07) is 37.7. The predicted molar refractivity (Wildman–Crippen MR) is 373 cm³/mol. The molecule has 4 unspecified atom stereocenters. The van der Waals surface area contributed by atoms with Crippen molar-refractivity contribution < 1.29 is 43.2 Å². The Morgan fingerprint density at radius 2 is 1.17 bits per heavy atom. The van der Waals surface area contributed by atoms with Crippen LogP contribution in [0.4, 0.5) is 4.39 Å². The van der Waals surface area contributed by atoms with Crippen LogP contribution in [-0.4, -0.2) is 157 Å². The summed E-state index contributed by atoms with van der Waals surface area (Å²) in [6.45, 7) is 14.2. The first-order valence-electron chi connectivity index (χ1n) is 34.6. The van der Waals surface area contributed by atoms with Gasteiger partial charge in [0.1, 0.15) is 23.4 Å². The number of hydrogen-bond donors (Lipinski definition) is 2. The Bertz CT molecular complexity index is 3960. The van der Waals surface area contributed by atoms with Gasteiger partial charge in [-0.3, -0.25) is 19.3 Å². The molecule has 1 aliphatic carbocycles. The largest absolute Gasteiger partial charge is 0.497 e. The van der Waals surface area contributed by atoms with Crippen LogP contribution >= 0.6 is 11.3 Å². The molecule has 0 amide bonds. The minimum Gasteiger partial charge on any atom is -0.497 e.